The normalized spacial score (nSPS) is 11.6. The fourth-order valence-electron chi connectivity index (χ4n) is 1.07. The number of rotatable bonds is 7. The van der Waals surface area contributed by atoms with E-state index in [0.29, 0.717) is 13.1 Å². The van der Waals surface area contributed by atoms with E-state index in [-0.39, 0.29) is 12.6 Å². The van der Waals surface area contributed by atoms with E-state index in [1.165, 1.54) is 12.0 Å². The summed E-state index contributed by atoms with van der Waals surface area (Å²) in [6.45, 7) is 6.25. The molecule has 0 aliphatic carbocycles. The van der Waals surface area contributed by atoms with Crippen LogP contribution in [0.5, 0.6) is 0 Å². The van der Waals surface area contributed by atoms with Gasteiger partial charge in [-0.15, -0.1) is 6.58 Å². The summed E-state index contributed by atoms with van der Waals surface area (Å²) in [5.41, 5.74) is 0. The molecule has 1 unspecified atom stereocenters. The fraction of sp³-hybridized carbons (Fsp3) is 0.600. The molecule has 0 radical (unpaired) electrons. The molecule has 0 aromatic heterocycles. The Hall–Kier alpha value is -1.56. The molecule has 2 N–H and O–H groups in total. The van der Waals surface area contributed by atoms with E-state index < -0.39 is 12.1 Å². The van der Waals surface area contributed by atoms with Gasteiger partial charge in [0.15, 0.2) is 6.10 Å². The number of nitrogens with zero attached hydrogens (tertiary/aromatic N) is 1. The van der Waals surface area contributed by atoms with Gasteiger partial charge in [0.05, 0.1) is 6.54 Å². The largest absolute Gasteiger partial charge is 0.479 e. The molecule has 0 saturated carbocycles. The van der Waals surface area contributed by atoms with Crippen LogP contribution in [0.1, 0.15) is 6.92 Å². The molecule has 16 heavy (non-hydrogen) atoms. The zero-order valence-corrected chi connectivity index (χ0v) is 9.60. The Morgan fingerprint density at radius 3 is 2.62 bits per heavy atom. The highest BCUT2D eigenvalue weighted by Gasteiger charge is 2.18. The second kappa shape index (κ2) is 7.70. The lowest BCUT2D eigenvalue weighted by Gasteiger charge is -2.20. The lowest BCUT2D eigenvalue weighted by molar-refractivity contribution is -0.148. The van der Waals surface area contributed by atoms with Gasteiger partial charge in [-0.25, -0.2) is 9.59 Å². The maximum atomic E-state index is 11.5. The van der Waals surface area contributed by atoms with Crippen LogP contribution in [-0.2, 0) is 9.53 Å². The molecule has 0 aromatic rings. The predicted octanol–water partition coefficient (Wildman–Crippen LogP) is 0.303. The van der Waals surface area contributed by atoms with Gasteiger partial charge in [-0.3, -0.25) is 0 Å². The number of methoxy groups -OCH3 is 1. The van der Waals surface area contributed by atoms with Crippen molar-refractivity contribution in [2.75, 3.05) is 26.7 Å². The smallest absolute Gasteiger partial charge is 0.334 e. The number of ether oxygens (including phenoxy) is 1. The predicted molar refractivity (Wildman–Crippen MR) is 59.3 cm³/mol. The SMILES string of the molecule is C=CCN(CC)C(=O)NCC(OC)C(=O)O. The van der Waals surface area contributed by atoms with E-state index in [1.54, 1.807) is 6.08 Å². The number of carboxylic acids is 1. The van der Waals surface area contributed by atoms with Crippen LogP contribution < -0.4 is 5.32 Å². The van der Waals surface area contributed by atoms with Crippen molar-refractivity contribution >= 4 is 12.0 Å². The van der Waals surface area contributed by atoms with Gasteiger partial charge in [0.25, 0.3) is 0 Å². The molecule has 92 valence electrons. The number of likely N-dealkylation sites (N-methyl/N-ethyl adjacent to an activating group) is 1. The van der Waals surface area contributed by atoms with Gasteiger partial charge in [-0.1, -0.05) is 6.08 Å². The molecule has 0 aliphatic rings. The molecule has 0 aromatic carbocycles. The van der Waals surface area contributed by atoms with E-state index >= 15 is 0 Å². The number of hydrogen-bond donors (Lipinski definition) is 2. The third-order valence-electron chi connectivity index (χ3n) is 2.02. The first-order valence-electron chi connectivity index (χ1n) is 4.96. The van der Waals surface area contributed by atoms with Crippen molar-refractivity contribution in [2.24, 2.45) is 0 Å². The van der Waals surface area contributed by atoms with Gasteiger partial charge in [0, 0.05) is 20.2 Å². The van der Waals surface area contributed by atoms with Crippen molar-refractivity contribution in [1.29, 1.82) is 0 Å². The Kier molecular flexibility index (Phi) is 6.95. The molecule has 0 spiro atoms. The number of carbonyl (C=O) groups is 2. The molecule has 6 heteroatoms. The van der Waals surface area contributed by atoms with Crippen LogP contribution in [-0.4, -0.2) is 54.9 Å². The van der Waals surface area contributed by atoms with Crippen molar-refractivity contribution in [3.05, 3.63) is 12.7 Å². The molecule has 0 rings (SSSR count). The summed E-state index contributed by atoms with van der Waals surface area (Å²) in [5.74, 6) is -1.10. The Morgan fingerprint density at radius 1 is 1.62 bits per heavy atom. The molecule has 0 aliphatic heterocycles. The molecule has 0 saturated heterocycles. The molecule has 0 heterocycles. The second-order valence-electron chi connectivity index (χ2n) is 3.08. The van der Waals surface area contributed by atoms with Crippen LogP contribution in [0.25, 0.3) is 0 Å². The highest BCUT2D eigenvalue weighted by Crippen LogP contribution is 1.92. The summed E-state index contributed by atoms with van der Waals surface area (Å²) in [6.07, 6.45) is 0.583. The van der Waals surface area contributed by atoms with Crippen molar-refractivity contribution in [3.63, 3.8) is 0 Å². The molecular formula is C10H18N2O4. The molecular weight excluding hydrogens is 212 g/mol. The highest BCUT2D eigenvalue weighted by molar-refractivity contribution is 5.77. The van der Waals surface area contributed by atoms with Crippen LogP contribution in [0.2, 0.25) is 0 Å². The van der Waals surface area contributed by atoms with Crippen molar-refractivity contribution in [3.8, 4) is 0 Å². The molecule has 1 atom stereocenters. The molecule has 0 fully saturated rings. The summed E-state index contributed by atoms with van der Waals surface area (Å²) in [6, 6.07) is -0.328. The number of nitrogens with one attached hydrogen (secondary N) is 1. The van der Waals surface area contributed by atoms with E-state index in [2.05, 4.69) is 16.6 Å². The van der Waals surface area contributed by atoms with Gasteiger partial charge < -0.3 is 20.1 Å². The number of amides is 2. The van der Waals surface area contributed by atoms with Gasteiger partial charge in [-0.2, -0.15) is 0 Å². The standard InChI is InChI=1S/C10H18N2O4/c1-4-6-12(5-2)10(15)11-7-8(16-3)9(13)14/h4,8H,1,5-7H2,2-3H3,(H,11,15)(H,13,14). The van der Waals surface area contributed by atoms with E-state index in [0.717, 1.165) is 0 Å². The summed E-state index contributed by atoms with van der Waals surface area (Å²) < 4.78 is 4.68. The third kappa shape index (κ3) is 4.79. The van der Waals surface area contributed by atoms with Gasteiger partial charge >= 0.3 is 12.0 Å². The minimum atomic E-state index is -1.10. The van der Waals surface area contributed by atoms with Crippen LogP contribution in [0, 0.1) is 0 Å². The number of carboxylic acid groups (broad SMARTS) is 1. The number of aliphatic carboxylic acids is 1. The quantitative estimate of drug-likeness (QED) is 0.617. The van der Waals surface area contributed by atoms with E-state index in [9.17, 15) is 9.59 Å². The minimum Gasteiger partial charge on any atom is -0.479 e. The first kappa shape index (κ1) is 14.4. The van der Waals surface area contributed by atoms with Gasteiger partial charge in [0.2, 0.25) is 0 Å². The van der Waals surface area contributed by atoms with Crippen LogP contribution in [0.4, 0.5) is 4.79 Å². The lowest BCUT2D eigenvalue weighted by Crippen LogP contribution is -2.45. The van der Waals surface area contributed by atoms with E-state index in [4.69, 9.17) is 5.11 Å². The molecule has 2 amide bonds. The summed E-state index contributed by atoms with van der Waals surface area (Å²) in [4.78, 5) is 23.6. The highest BCUT2D eigenvalue weighted by atomic mass is 16.5. The number of hydrogen-bond acceptors (Lipinski definition) is 3. The molecule has 0 bridgehead atoms. The zero-order valence-electron chi connectivity index (χ0n) is 9.60. The number of carbonyl (C=O) groups excluding carboxylic acids is 1. The Bertz CT molecular complexity index is 255. The summed E-state index contributed by atoms with van der Waals surface area (Å²) in [5, 5.41) is 11.2. The maximum Gasteiger partial charge on any atom is 0.334 e. The Balaban J connectivity index is 4.12. The van der Waals surface area contributed by atoms with Crippen molar-refractivity contribution in [2.45, 2.75) is 13.0 Å². The monoisotopic (exact) mass is 230 g/mol. The Morgan fingerprint density at radius 2 is 2.25 bits per heavy atom. The fourth-order valence-corrected chi connectivity index (χ4v) is 1.07. The van der Waals surface area contributed by atoms with Crippen LogP contribution >= 0.6 is 0 Å². The number of urea groups is 1. The topological polar surface area (TPSA) is 78.9 Å². The Labute approximate surface area is 94.9 Å². The van der Waals surface area contributed by atoms with Gasteiger partial charge in [-0.05, 0) is 6.92 Å². The van der Waals surface area contributed by atoms with Crippen LogP contribution in [0.15, 0.2) is 12.7 Å². The first-order chi connectivity index (χ1) is 7.56. The maximum absolute atomic E-state index is 11.5. The first-order valence-corrected chi connectivity index (χ1v) is 4.96. The van der Waals surface area contributed by atoms with E-state index in [1.807, 2.05) is 6.92 Å². The van der Waals surface area contributed by atoms with Crippen LogP contribution in [0.3, 0.4) is 0 Å². The summed E-state index contributed by atoms with van der Waals surface area (Å²) in [7, 11) is 1.28. The van der Waals surface area contributed by atoms with Crippen molar-refractivity contribution < 1.29 is 19.4 Å². The zero-order chi connectivity index (χ0) is 12.6. The molecule has 6 nitrogen and oxygen atoms in total. The third-order valence-corrected chi connectivity index (χ3v) is 2.02. The van der Waals surface area contributed by atoms with Gasteiger partial charge in [0.1, 0.15) is 0 Å². The average molecular weight is 230 g/mol. The lowest BCUT2D eigenvalue weighted by atomic mass is 10.3. The van der Waals surface area contributed by atoms with Crippen molar-refractivity contribution in [1.82, 2.24) is 10.2 Å². The average Bonchev–Trinajstić information content (AvgIpc) is 2.25. The summed E-state index contributed by atoms with van der Waals surface area (Å²) >= 11 is 0. The second-order valence-corrected chi connectivity index (χ2v) is 3.08. The minimum absolute atomic E-state index is 0.0572.